The summed E-state index contributed by atoms with van der Waals surface area (Å²) in [5.41, 5.74) is 2.51. The molecule has 6 aliphatic heterocycles. The molecule has 6 saturated heterocycles. The summed E-state index contributed by atoms with van der Waals surface area (Å²) >= 11 is 0. The topological polar surface area (TPSA) is 111 Å². The van der Waals surface area contributed by atoms with Crippen molar-refractivity contribution in [2.45, 2.75) is 294 Å². The molecule has 6 aliphatic carbocycles. The predicted octanol–water partition coefficient (Wildman–Crippen LogP) is 16.6. The third-order valence-corrected chi connectivity index (χ3v) is 21.4. The Morgan fingerprint density at radius 1 is 0.198 bits per heavy atom. The zero-order valence-corrected chi connectivity index (χ0v) is 55.7. The Labute approximate surface area is 496 Å². The third kappa shape index (κ3) is 19.0. The van der Waals surface area contributed by atoms with Crippen molar-refractivity contribution >= 4 is 0 Å². The Morgan fingerprint density at radius 3 is 0.617 bits per heavy atom. The van der Waals surface area contributed by atoms with E-state index in [4.69, 9.17) is 56.8 Å². The van der Waals surface area contributed by atoms with Crippen molar-refractivity contribution in [1.82, 2.24) is 0 Å². The van der Waals surface area contributed by atoms with Crippen molar-refractivity contribution in [1.29, 1.82) is 0 Å². The van der Waals surface area contributed by atoms with Gasteiger partial charge in [-0.3, -0.25) is 0 Å². The molecular formula is C69H126O12. The van der Waals surface area contributed by atoms with Gasteiger partial charge < -0.3 is 56.8 Å². The molecule has 12 nitrogen and oxygen atoms in total. The average molecular weight is 1150 g/mol. The molecular weight excluding hydrogens is 1020 g/mol. The Morgan fingerprint density at radius 2 is 0.370 bits per heavy atom. The second-order valence-corrected chi connectivity index (χ2v) is 33.5. The van der Waals surface area contributed by atoms with Gasteiger partial charge in [-0.2, -0.15) is 0 Å². The van der Waals surface area contributed by atoms with E-state index in [0.717, 1.165) is 211 Å². The minimum atomic E-state index is -0.198. The van der Waals surface area contributed by atoms with Crippen LogP contribution in [-0.4, -0.2) is 114 Å². The van der Waals surface area contributed by atoms with E-state index in [1.165, 1.54) is 38.5 Å². The van der Waals surface area contributed by atoms with E-state index < -0.39 is 0 Å². The summed E-state index contributed by atoms with van der Waals surface area (Å²) in [6.45, 7) is 51.8. The first-order valence-electron chi connectivity index (χ1n) is 33.3. The molecule has 81 heavy (non-hydrogen) atoms. The summed E-state index contributed by atoms with van der Waals surface area (Å²) in [7, 11) is 0. The van der Waals surface area contributed by atoms with Crippen molar-refractivity contribution in [3.05, 3.63) is 0 Å². The van der Waals surface area contributed by atoms with Crippen molar-refractivity contribution in [3.63, 3.8) is 0 Å². The summed E-state index contributed by atoms with van der Waals surface area (Å²) in [4.78, 5) is 0. The molecule has 0 bridgehead atoms. The largest absolute Gasteiger partial charge is 0.350 e. The zero-order valence-electron chi connectivity index (χ0n) is 55.7. The van der Waals surface area contributed by atoms with Gasteiger partial charge in [0.2, 0.25) is 0 Å². The predicted molar refractivity (Wildman–Crippen MR) is 322 cm³/mol. The standard InChI is InChI=1S/C13H24O2.2C12H22O2.2C11H20O2.C10H18O2/c1-12(2,3)11-5-7-13(8-6-11)14-9-4-10-15-13;1-11(2,3)10-5-6-12(9-10)13-7-4-8-14-12;1-11(2,3)10-4-6-12(7-5-10)13-8-9-14-12;1-10(2,3)9-4-5-11(8-9)12-6-7-13-11;1-10(2,3)9-7-11(8-9)12-5-4-6-13-11;1-9(2,3)8-6-10(7-8)11-4-5-12-10/h11H,4-10H2,1-3H3;2*10H,4-9H2,1-3H3;2*9H,4-8H2,1-3H3;8H,4-7H2,1-3H3. The SMILES string of the molecule is CC(C)(C)C1CC2(C1)OCCCO2.CC(C)(C)C1CC2(C1)OCCO2.CC(C)(C)C1CCC2(C1)OCCCO2.CC(C)(C)C1CCC2(C1)OCCO2.CC(C)(C)C1CCC2(CC1)OCCCO2.CC(C)(C)C1CCC2(CC1)OCCO2. The highest BCUT2D eigenvalue weighted by atomic mass is 16.8. The van der Waals surface area contributed by atoms with Gasteiger partial charge in [0.15, 0.2) is 34.7 Å². The van der Waals surface area contributed by atoms with Crippen LogP contribution in [0, 0.1) is 68.0 Å². The van der Waals surface area contributed by atoms with Crippen LogP contribution in [0.15, 0.2) is 0 Å². The highest BCUT2D eigenvalue weighted by Gasteiger charge is 2.54. The summed E-state index contributed by atoms with van der Waals surface area (Å²) in [6, 6.07) is 0. The van der Waals surface area contributed by atoms with E-state index in [1.807, 2.05) is 0 Å². The van der Waals surface area contributed by atoms with Crippen molar-refractivity contribution < 1.29 is 56.8 Å². The van der Waals surface area contributed by atoms with Gasteiger partial charge in [0, 0.05) is 77.0 Å². The number of ether oxygens (including phenoxy) is 12. The number of hydrogen-bond donors (Lipinski definition) is 0. The van der Waals surface area contributed by atoms with Gasteiger partial charge in [-0.15, -0.1) is 0 Å². The van der Waals surface area contributed by atoms with Crippen LogP contribution in [0.5, 0.6) is 0 Å². The minimum Gasteiger partial charge on any atom is -0.350 e. The van der Waals surface area contributed by atoms with Crippen LogP contribution in [0.2, 0.25) is 0 Å². The molecule has 474 valence electrons. The maximum atomic E-state index is 5.85. The molecule has 0 aromatic carbocycles. The Kier molecular flexibility index (Phi) is 22.8. The van der Waals surface area contributed by atoms with Crippen LogP contribution >= 0.6 is 0 Å². The third-order valence-electron chi connectivity index (χ3n) is 21.4. The van der Waals surface area contributed by atoms with Crippen LogP contribution < -0.4 is 0 Å². The smallest absolute Gasteiger partial charge is 0.169 e. The normalized spacial score (nSPS) is 32.0. The summed E-state index contributed by atoms with van der Waals surface area (Å²) in [5, 5.41) is 0. The summed E-state index contributed by atoms with van der Waals surface area (Å²) < 4.78 is 68.8. The maximum Gasteiger partial charge on any atom is 0.169 e. The average Bonchev–Trinajstić information content (AvgIpc) is 4.35. The lowest BCUT2D eigenvalue weighted by Gasteiger charge is -2.53. The first-order valence-corrected chi connectivity index (χ1v) is 33.3. The molecule has 0 amide bonds. The maximum absolute atomic E-state index is 5.85. The number of rotatable bonds is 0. The molecule has 6 heterocycles. The second kappa shape index (κ2) is 27.1. The molecule has 6 saturated carbocycles. The lowest BCUT2D eigenvalue weighted by Crippen LogP contribution is -2.54. The Hall–Kier alpha value is -0.480. The van der Waals surface area contributed by atoms with E-state index in [1.54, 1.807) is 0 Å². The van der Waals surface area contributed by atoms with Crippen molar-refractivity contribution in [2.24, 2.45) is 68.0 Å². The molecule has 0 aromatic rings. The number of hydrogen-bond acceptors (Lipinski definition) is 12. The molecule has 12 heteroatoms. The molecule has 0 N–H and O–H groups in total. The molecule has 12 rings (SSSR count). The van der Waals surface area contributed by atoms with Crippen LogP contribution in [0.4, 0.5) is 0 Å². The summed E-state index contributed by atoms with van der Waals surface area (Å²) in [5.74, 6) is 3.63. The van der Waals surface area contributed by atoms with Crippen molar-refractivity contribution in [2.75, 3.05) is 79.3 Å². The molecule has 0 aromatic heterocycles. The summed E-state index contributed by atoms with van der Waals surface area (Å²) in [6.07, 6.45) is 23.8. The van der Waals surface area contributed by atoms with Gasteiger partial charge in [0.05, 0.1) is 79.3 Å². The van der Waals surface area contributed by atoms with Gasteiger partial charge in [-0.1, -0.05) is 125 Å². The first kappa shape index (κ1) is 68.0. The molecule has 12 aliphatic rings. The Bertz CT molecular complexity index is 1820. The van der Waals surface area contributed by atoms with Crippen LogP contribution in [0.25, 0.3) is 0 Å². The fourth-order valence-electron chi connectivity index (χ4n) is 14.8. The van der Waals surface area contributed by atoms with E-state index in [9.17, 15) is 0 Å². The zero-order chi connectivity index (χ0) is 59.3. The quantitative estimate of drug-likeness (QED) is 0.230. The van der Waals surface area contributed by atoms with E-state index in [-0.39, 0.29) is 34.7 Å². The molecule has 12 fully saturated rings. The lowest BCUT2D eigenvalue weighted by atomic mass is 9.65. The van der Waals surface area contributed by atoms with E-state index in [2.05, 4.69) is 125 Å². The fourth-order valence-corrected chi connectivity index (χ4v) is 14.8. The monoisotopic (exact) mass is 1150 g/mol. The highest BCUT2D eigenvalue weighted by Crippen LogP contribution is 2.54. The highest BCUT2D eigenvalue weighted by molar-refractivity contribution is 4.97. The van der Waals surface area contributed by atoms with Crippen LogP contribution in [-0.2, 0) is 56.8 Å². The lowest BCUT2D eigenvalue weighted by molar-refractivity contribution is -0.327. The molecule has 2 unspecified atom stereocenters. The molecule has 6 spiro atoms. The van der Waals surface area contributed by atoms with Gasteiger partial charge in [0.1, 0.15) is 0 Å². The van der Waals surface area contributed by atoms with Gasteiger partial charge in [-0.25, -0.2) is 0 Å². The fraction of sp³-hybridized carbons (Fsp3) is 1.00. The second-order valence-electron chi connectivity index (χ2n) is 33.5. The van der Waals surface area contributed by atoms with E-state index in [0.29, 0.717) is 32.5 Å². The van der Waals surface area contributed by atoms with Crippen LogP contribution in [0.1, 0.15) is 259 Å². The molecule has 2 atom stereocenters. The van der Waals surface area contributed by atoms with Gasteiger partial charge >= 0.3 is 0 Å². The van der Waals surface area contributed by atoms with Gasteiger partial charge in [0.25, 0.3) is 0 Å². The van der Waals surface area contributed by atoms with E-state index >= 15 is 0 Å². The Balaban J connectivity index is 0.000000140. The van der Waals surface area contributed by atoms with Crippen molar-refractivity contribution in [3.8, 4) is 0 Å². The molecule has 0 radical (unpaired) electrons. The van der Waals surface area contributed by atoms with Crippen LogP contribution in [0.3, 0.4) is 0 Å². The first-order chi connectivity index (χ1) is 37.6. The van der Waals surface area contributed by atoms with Gasteiger partial charge in [-0.05, 0) is 126 Å². The minimum absolute atomic E-state index is 0.155.